The zero-order chi connectivity index (χ0) is 15.8. The maximum absolute atomic E-state index is 12.0. The van der Waals surface area contributed by atoms with Crippen molar-refractivity contribution in [2.24, 2.45) is 0 Å². The van der Waals surface area contributed by atoms with Crippen LogP contribution >= 0.6 is 0 Å². The molecule has 7 nitrogen and oxygen atoms in total. The van der Waals surface area contributed by atoms with Crippen LogP contribution in [0.1, 0.15) is 30.6 Å². The van der Waals surface area contributed by atoms with Gasteiger partial charge in [0.1, 0.15) is 0 Å². The van der Waals surface area contributed by atoms with Crippen LogP contribution in [0.3, 0.4) is 0 Å². The number of nitrogens with zero attached hydrogens (tertiary/aromatic N) is 2. The fourth-order valence-corrected chi connectivity index (χ4v) is 2.11. The average Bonchev–Trinajstić information content (AvgIpc) is 2.68. The van der Waals surface area contributed by atoms with E-state index < -0.39 is 22.2 Å². The van der Waals surface area contributed by atoms with Crippen molar-refractivity contribution < 1.29 is 19.2 Å². The number of amides is 1. The standard InChI is InChI=1S/C14H16N2O5/c1-14(2,21-3)6-7-15-11-5-4-9(16(19)20)8-10(11)12(17)13(15)18/h4-5,8H,6-7H2,1-3H3. The second kappa shape index (κ2) is 5.25. The molecule has 0 aromatic heterocycles. The number of anilines is 1. The van der Waals surface area contributed by atoms with Gasteiger partial charge in [0.05, 0.1) is 21.8 Å². The highest BCUT2D eigenvalue weighted by Crippen LogP contribution is 2.32. The molecule has 0 N–H and O–H groups in total. The van der Waals surface area contributed by atoms with Crippen LogP contribution in [0, 0.1) is 10.1 Å². The summed E-state index contributed by atoms with van der Waals surface area (Å²) in [6, 6.07) is 3.88. The fourth-order valence-electron chi connectivity index (χ4n) is 2.11. The minimum absolute atomic E-state index is 0.0874. The molecule has 0 unspecified atom stereocenters. The Morgan fingerprint density at radius 3 is 2.57 bits per heavy atom. The van der Waals surface area contributed by atoms with Gasteiger partial charge in [-0.25, -0.2) is 0 Å². The summed E-state index contributed by atoms with van der Waals surface area (Å²) in [4.78, 5) is 35.5. The van der Waals surface area contributed by atoms with Crippen LogP contribution in [0.2, 0.25) is 0 Å². The molecule has 1 heterocycles. The van der Waals surface area contributed by atoms with Crippen LogP contribution in [-0.2, 0) is 9.53 Å². The predicted octanol–water partition coefficient (Wildman–Crippen LogP) is 1.94. The molecule has 112 valence electrons. The Balaban J connectivity index is 2.30. The number of carbonyl (C=O) groups is 2. The molecule has 7 heteroatoms. The number of Topliss-reactive ketones (excluding diaryl/α,β-unsaturated/α-hetero) is 1. The van der Waals surface area contributed by atoms with Crippen molar-refractivity contribution in [1.29, 1.82) is 0 Å². The Kier molecular flexibility index (Phi) is 3.78. The van der Waals surface area contributed by atoms with E-state index in [1.807, 2.05) is 13.8 Å². The van der Waals surface area contributed by atoms with Gasteiger partial charge in [-0.3, -0.25) is 19.7 Å². The van der Waals surface area contributed by atoms with Crippen molar-refractivity contribution in [3.05, 3.63) is 33.9 Å². The summed E-state index contributed by atoms with van der Waals surface area (Å²) in [5.41, 5.74) is -0.117. The Morgan fingerprint density at radius 2 is 2.00 bits per heavy atom. The summed E-state index contributed by atoms with van der Waals surface area (Å²) in [5, 5.41) is 10.7. The highest BCUT2D eigenvalue weighted by molar-refractivity contribution is 6.52. The lowest BCUT2D eigenvalue weighted by molar-refractivity contribution is -0.384. The largest absolute Gasteiger partial charge is 0.379 e. The van der Waals surface area contributed by atoms with Crippen LogP contribution in [0.25, 0.3) is 0 Å². The van der Waals surface area contributed by atoms with Crippen LogP contribution in [-0.4, -0.2) is 35.9 Å². The summed E-state index contributed by atoms with van der Waals surface area (Å²) in [6.07, 6.45) is 0.541. The zero-order valence-electron chi connectivity index (χ0n) is 12.1. The van der Waals surface area contributed by atoms with E-state index in [2.05, 4.69) is 0 Å². The molecule has 0 spiro atoms. The number of hydrogen-bond acceptors (Lipinski definition) is 5. The molecule has 0 saturated carbocycles. The zero-order valence-corrected chi connectivity index (χ0v) is 12.1. The number of benzene rings is 1. The van der Waals surface area contributed by atoms with E-state index in [4.69, 9.17) is 4.74 Å². The summed E-state index contributed by atoms with van der Waals surface area (Å²) in [5.74, 6) is -1.36. The molecule has 1 aromatic carbocycles. The molecule has 0 atom stereocenters. The number of ketones is 1. The first-order chi connectivity index (χ1) is 9.76. The van der Waals surface area contributed by atoms with Gasteiger partial charge in [-0.15, -0.1) is 0 Å². The summed E-state index contributed by atoms with van der Waals surface area (Å²) in [6.45, 7) is 4.08. The first-order valence-electron chi connectivity index (χ1n) is 6.46. The normalized spacial score (nSPS) is 14.5. The molecular weight excluding hydrogens is 276 g/mol. The molecule has 0 bridgehead atoms. The second-order valence-electron chi connectivity index (χ2n) is 5.46. The highest BCUT2D eigenvalue weighted by atomic mass is 16.6. The summed E-state index contributed by atoms with van der Waals surface area (Å²) < 4.78 is 5.29. The molecule has 1 aliphatic heterocycles. The van der Waals surface area contributed by atoms with E-state index >= 15 is 0 Å². The van der Waals surface area contributed by atoms with Crippen LogP contribution < -0.4 is 4.90 Å². The number of fused-ring (bicyclic) bond motifs is 1. The number of hydrogen-bond donors (Lipinski definition) is 0. The Hall–Kier alpha value is -2.28. The smallest absolute Gasteiger partial charge is 0.299 e. The molecule has 1 aromatic rings. The van der Waals surface area contributed by atoms with Crippen molar-refractivity contribution in [2.45, 2.75) is 25.9 Å². The summed E-state index contributed by atoms with van der Waals surface area (Å²) in [7, 11) is 1.58. The Bertz CT molecular complexity index is 624. The third kappa shape index (κ3) is 2.78. The molecule has 21 heavy (non-hydrogen) atoms. The second-order valence-corrected chi connectivity index (χ2v) is 5.46. The lowest BCUT2D eigenvalue weighted by Gasteiger charge is -2.26. The van der Waals surface area contributed by atoms with Crippen LogP contribution in [0.4, 0.5) is 11.4 Å². The van der Waals surface area contributed by atoms with E-state index in [-0.39, 0.29) is 11.3 Å². The molecule has 0 aliphatic carbocycles. The van der Waals surface area contributed by atoms with Crippen molar-refractivity contribution in [1.82, 2.24) is 0 Å². The van der Waals surface area contributed by atoms with Gasteiger partial charge in [-0.2, -0.15) is 0 Å². The minimum atomic E-state index is -0.705. The van der Waals surface area contributed by atoms with E-state index in [9.17, 15) is 19.7 Å². The van der Waals surface area contributed by atoms with Gasteiger partial charge in [0.25, 0.3) is 17.4 Å². The number of nitro benzene ring substituents is 1. The number of ether oxygens (including phenoxy) is 1. The molecule has 0 radical (unpaired) electrons. The van der Waals surface area contributed by atoms with Crippen molar-refractivity contribution in [3.63, 3.8) is 0 Å². The van der Waals surface area contributed by atoms with Gasteiger partial charge < -0.3 is 9.64 Å². The molecule has 0 fully saturated rings. The number of methoxy groups -OCH3 is 1. The fraction of sp³-hybridized carbons (Fsp3) is 0.429. The highest BCUT2D eigenvalue weighted by Gasteiger charge is 2.37. The van der Waals surface area contributed by atoms with Crippen LogP contribution in [0.5, 0.6) is 0 Å². The maximum atomic E-state index is 12.0. The van der Waals surface area contributed by atoms with Gasteiger partial charge in [-0.05, 0) is 26.3 Å². The van der Waals surface area contributed by atoms with Gasteiger partial charge >= 0.3 is 0 Å². The van der Waals surface area contributed by atoms with Crippen molar-refractivity contribution in [3.8, 4) is 0 Å². The minimum Gasteiger partial charge on any atom is -0.379 e. The first-order valence-corrected chi connectivity index (χ1v) is 6.46. The number of non-ortho nitro benzene ring substituents is 1. The number of rotatable bonds is 5. The predicted molar refractivity (Wildman–Crippen MR) is 75.5 cm³/mol. The van der Waals surface area contributed by atoms with E-state index in [1.165, 1.54) is 17.0 Å². The topological polar surface area (TPSA) is 89.8 Å². The van der Waals surface area contributed by atoms with Crippen LogP contribution in [0.15, 0.2) is 18.2 Å². The monoisotopic (exact) mass is 292 g/mol. The van der Waals surface area contributed by atoms with E-state index in [0.717, 1.165) is 6.07 Å². The third-order valence-electron chi connectivity index (χ3n) is 3.66. The average molecular weight is 292 g/mol. The molecule has 2 rings (SSSR count). The SMILES string of the molecule is COC(C)(C)CCN1C(=O)C(=O)c2cc([N+](=O)[O-])ccc21. The third-order valence-corrected chi connectivity index (χ3v) is 3.66. The lowest BCUT2D eigenvalue weighted by atomic mass is 10.0. The molecule has 1 aliphatic rings. The number of nitro groups is 1. The molecule has 0 saturated heterocycles. The lowest BCUT2D eigenvalue weighted by Crippen LogP contribution is -2.35. The van der Waals surface area contributed by atoms with Gasteiger partial charge in [0, 0.05) is 25.8 Å². The maximum Gasteiger partial charge on any atom is 0.299 e. The summed E-state index contributed by atoms with van der Waals surface area (Å²) >= 11 is 0. The quantitative estimate of drug-likeness (QED) is 0.470. The van der Waals surface area contributed by atoms with E-state index in [0.29, 0.717) is 18.7 Å². The van der Waals surface area contributed by atoms with E-state index in [1.54, 1.807) is 7.11 Å². The Morgan fingerprint density at radius 1 is 1.33 bits per heavy atom. The molecule has 1 amide bonds. The molecular formula is C14H16N2O5. The Labute approximate surface area is 121 Å². The van der Waals surface area contributed by atoms with Crippen molar-refractivity contribution in [2.75, 3.05) is 18.6 Å². The van der Waals surface area contributed by atoms with Crippen molar-refractivity contribution >= 4 is 23.1 Å². The van der Waals surface area contributed by atoms with Gasteiger partial charge in [0.2, 0.25) is 0 Å². The van der Waals surface area contributed by atoms with Gasteiger partial charge in [0.15, 0.2) is 0 Å². The number of carbonyl (C=O) groups excluding carboxylic acids is 2. The van der Waals surface area contributed by atoms with Gasteiger partial charge in [-0.1, -0.05) is 0 Å². The first kappa shape index (κ1) is 15.1.